The Kier molecular flexibility index (Phi) is 3.86. The van der Waals surface area contributed by atoms with Crippen molar-refractivity contribution in [2.75, 3.05) is 6.54 Å². The van der Waals surface area contributed by atoms with Gasteiger partial charge in [-0.1, -0.05) is 0 Å². The second-order valence-corrected chi connectivity index (χ2v) is 5.17. The van der Waals surface area contributed by atoms with Gasteiger partial charge in [0.2, 0.25) is 10.0 Å². The van der Waals surface area contributed by atoms with Crippen molar-refractivity contribution >= 4 is 16.0 Å². The Labute approximate surface area is 97.7 Å². The number of hydrogen-bond donors (Lipinski definition) is 4. The highest BCUT2D eigenvalue weighted by Crippen LogP contribution is 2.15. The molecule has 4 N–H and O–H groups in total. The molecule has 0 radical (unpaired) electrons. The number of carbonyl (C=O) groups is 1. The predicted molar refractivity (Wildman–Crippen MR) is 56.9 cm³/mol. The van der Waals surface area contributed by atoms with Crippen LogP contribution in [0.5, 0.6) is 0 Å². The van der Waals surface area contributed by atoms with Crippen LogP contribution in [0.2, 0.25) is 0 Å². The fourth-order valence-corrected chi connectivity index (χ4v) is 2.69. The van der Waals surface area contributed by atoms with E-state index in [0.717, 1.165) is 0 Å². The molecule has 0 aromatic carbocycles. The molecule has 9 heteroatoms. The summed E-state index contributed by atoms with van der Waals surface area (Å²) in [7, 11) is -3.87. The summed E-state index contributed by atoms with van der Waals surface area (Å²) in [5, 5.41) is 23.6. The molecule has 0 bridgehead atoms. The zero-order chi connectivity index (χ0) is 13.2. The zero-order valence-corrected chi connectivity index (χ0v) is 10.1. The molecule has 0 spiro atoms. The van der Waals surface area contributed by atoms with Gasteiger partial charge in [-0.3, -0.25) is 5.10 Å². The minimum atomic E-state index is -3.87. The predicted octanol–water partition coefficient (Wildman–Crippen LogP) is -1.25. The molecular weight excluding hydrogens is 250 g/mol. The van der Waals surface area contributed by atoms with Crippen LogP contribution < -0.4 is 4.72 Å². The number of aryl methyl sites for hydroxylation is 2. The first-order valence-electron chi connectivity index (χ1n) is 4.68. The molecule has 0 saturated heterocycles. The van der Waals surface area contributed by atoms with Crippen LogP contribution >= 0.6 is 0 Å². The topological polar surface area (TPSA) is 132 Å². The lowest BCUT2D eigenvalue weighted by molar-refractivity contribution is -0.146. The van der Waals surface area contributed by atoms with E-state index in [1.807, 2.05) is 4.72 Å². The highest BCUT2D eigenvalue weighted by molar-refractivity contribution is 7.89. The molecule has 96 valence electrons. The lowest BCUT2D eigenvalue weighted by Gasteiger charge is -2.08. The average molecular weight is 263 g/mol. The molecule has 0 aliphatic rings. The van der Waals surface area contributed by atoms with Gasteiger partial charge in [0, 0.05) is 6.54 Å². The number of aliphatic carboxylic acids is 1. The first-order chi connectivity index (χ1) is 7.75. The summed E-state index contributed by atoms with van der Waals surface area (Å²) in [5.41, 5.74) is 0.625. The van der Waals surface area contributed by atoms with Crippen molar-refractivity contribution in [1.82, 2.24) is 14.9 Å². The Balaban J connectivity index is 2.87. The van der Waals surface area contributed by atoms with Gasteiger partial charge in [-0.05, 0) is 13.8 Å². The number of carboxylic acids is 1. The number of aliphatic hydroxyl groups excluding tert-OH is 1. The highest BCUT2D eigenvalue weighted by Gasteiger charge is 2.24. The Hall–Kier alpha value is -1.45. The average Bonchev–Trinajstić information content (AvgIpc) is 2.55. The minimum Gasteiger partial charge on any atom is -0.479 e. The molecule has 0 aliphatic carbocycles. The summed E-state index contributed by atoms with van der Waals surface area (Å²) in [6.07, 6.45) is -1.78. The van der Waals surface area contributed by atoms with E-state index in [9.17, 15) is 13.2 Å². The van der Waals surface area contributed by atoms with Gasteiger partial charge in [-0.15, -0.1) is 0 Å². The van der Waals surface area contributed by atoms with Gasteiger partial charge in [-0.2, -0.15) is 5.10 Å². The van der Waals surface area contributed by atoms with Crippen molar-refractivity contribution in [3.63, 3.8) is 0 Å². The number of nitrogens with zero attached hydrogens (tertiary/aromatic N) is 1. The largest absolute Gasteiger partial charge is 0.479 e. The number of nitrogens with one attached hydrogen (secondary N) is 2. The molecule has 17 heavy (non-hydrogen) atoms. The summed E-state index contributed by atoms with van der Waals surface area (Å²) in [6.45, 7) is 2.44. The van der Waals surface area contributed by atoms with Gasteiger partial charge in [0.15, 0.2) is 6.10 Å². The molecule has 0 unspecified atom stereocenters. The quantitative estimate of drug-likeness (QED) is 0.524. The second kappa shape index (κ2) is 4.82. The lowest BCUT2D eigenvalue weighted by atomic mass is 10.4. The third-order valence-electron chi connectivity index (χ3n) is 2.08. The molecule has 8 nitrogen and oxygen atoms in total. The van der Waals surface area contributed by atoms with Crippen LogP contribution in [0, 0.1) is 13.8 Å². The summed E-state index contributed by atoms with van der Waals surface area (Å²) in [6, 6.07) is 0. The Morgan fingerprint density at radius 1 is 1.53 bits per heavy atom. The van der Waals surface area contributed by atoms with Gasteiger partial charge >= 0.3 is 5.97 Å². The van der Waals surface area contributed by atoms with Crippen molar-refractivity contribution < 1.29 is 23.4 Å². The number of rotatable bonds is 5. The Morgan fingerprint density at radius 2 is 2.12 bits per heavy atom. The SMILES string of the molecule is Cc1n[nH]c(C)c1S(=O)(=O)NC[C@H](O)C(=O)O. The number of sulfonamides is 1. The molecule has 0 aliphatic heterocycles. The summed E-state index contributed by atoms with van der Waals surface area (Å²) >= 11 is 0. The van der Waals surface area contributed by atoms with E-state index in [2.05, 4.69) is 10.2 Å². The lowest BCUT2D eigenvalue weighted by Crippen LogP contribution is -2.36. The van der Waals surface area contributed by atoms with Crippen LogP contribution in [0.25, 0.3) is 0 Å². The van der Waals surface area contributed by atoms with Crippen molar-refractivity contribution in [3.8, 4) is 0 Å². The molecule has 0 amide bonds. The van der Waals surface area contributed by atoms with Crippen LogP contribution in [0.3, 0.4) is 0 Å². The maximum Gasteiger partial charge on any atom is 0.333 e. The molecule has 1 aromatic rings. The highest BCUT2D eigenvalue weighted by atomic mass is 32.2. The third-order valence-corrected chi connectivity index (χ3v) is 3.77. The first-order valence-corrected chi connectivity index (χ1v) is 6.16. The molecular formula is C8H13N3O5S. The van der Waals surface area contributed by atoms with Crippen molar-refractivity contribution in [2.24, 2.45) is 0 Å². The fraction of sp³-hybridized carbons (Fsp3) is 0.500. The number of carboxylic acid groups (broad SMARTS) is 1. The number of H-pyrrole nitrogens is 1. The van der Waals surface area contributed by atoms with E-state index in [1.54, 1.807) is 0 Å². The number of aliphatic hydroxyl groups is 1. The molecule has 0 fully saturated rings. The van der Waals surface area contributed by atoms with E-state index < -0.39 is 28.6 Å². The van der Waals surface area contributed by atoms with Crippen molar-refractivity contribution in [2.45, 2.75) is 24.8 Å². The van der Waals surface area contributed by atoms with E-state index in [-0.39, 0.29) is 10.6 Å². The fourth-order valence-electron chi connectivity index (χ4n) is 1.28. The number of aromatic amines is 1. The molecule has 0 saturated carbocycles. The molecule has 1 aromatic heterocycles. The van der Waals surface area contributed by atoms with Crippen LogP contribution in [0.4, 0.5) is 0 Å². The van der Waals surface area contributed by atoms with Crippen LogP contribution in [-0.4, -0.2) is 47.4 Å². The number of aromatic nitrogens is 2. The maximum absolute atomic E-state index is 11.8. The van der Waals surface area contributed by atoms with Gasteiger partial charge in [-0.25, -0.2) is 17.9 Å². The standard InChI is InChI=1S/C8H13N3O5S/c1-4-7(5(2)11-10-4)17(15,16)9-3-6(12)8(13)14/h6,9,12H,3H2,1-2H3,(H,10,11)(H,13,14)/t6-/m0/s1. The summed E-state index contributed by atoms with van der Waals surface area (Å²) in [5.74, 6) is -1.49. The van der Waals surface area contributed by atoms with E-state index in [0.29, 0.717) is 5.69 Å². The minimum absolute atomic E-state index is 0.0323. The van der Waals surface area contributed by atoms with Crippen molar-refractivity contribution in [1.29, 1.82) is 0 Å². The van der Waals surface area contributed by atoms with Gasteiger partial charge in [0.1, 0.15) is 4.90 Å². The summed E-state index contributed by atoms with van der Waals surface area (Å²) in [4.78, 5) is 10.3. The van der Waals surface area contributed by atoms with Gasteiger partial charge in [0.25, 0.3) is 0 Å². The van der Waals surface area contributed by atoms with Crippen LogP contribution in [-0.2, 0) is 14.8 Å². The van der Waals surface area contributed by atoms with Gasteiger partial charge < -0.3 is 10.2 Å². The smallest absolute Gasteiger partial charge is 0.333 e. The van der Waals surface area contributed by atoms with Crippen LogP contribution in [0.15, 0.2) is 4.90 Å². The molecule has 1 atom stereocenters. The van der Waals surface area contributed by atoms with E-state index in [4.69, 9.17) is 10.2 Å². The first kappa shape index (κ1) is 13.6. The zero-order valence-electron chi connectivity index (χ0n) is 9.26. The summed E-state index contributed by atoms with van der Waals surface area (Å²) < 4.78 is 25.6. The Morgan fingerprint density at radius 3 is 2.53 bits per heavy atom. The monoisotopic (exact) mass is 263 g/mol. The normalized spacial score (nSPS) is 13.6. The maximum atomic E-state index is 11.8. The Bertz CT molecular complexity index is 502. The van der Waals surface area contributed by atoms with Crippen LogP contribution in [0.1, 0.15) is 11.4 Å². The van der Waals surface area contributed by atoms with Gasteiger partial charge in [0.05, 0.1) is 11.4 Å². The molecule has 1 rings (SSSR count). The third kappa shape index (κ3) is 3.02. The second-order valence-electron chi connectivity index (χ2n) is 3.47. The number of hydrogen-bond acceptors (Lipinski definition) is 5. The van der Waals surface area contributed by atoms with E-state index in [1.165, 1.54) is 13.8 Å². The van der Waals surface area contributed by atoms with E-state index >= 15 is 0 Å². The van der Waals surface area contributed by atoms with Crippen molar-refractivity contribution in [3.05, 3.63) is 11.4 Å². The molecule has 1 heterocycles.